The lowest BCUT2D eigenvalue weighted by molar-refractivity contribution is -0.304. The van der Waals surface area contributed by atoms with E-state index < -0.39 is 29.7 Å². The Morgan fingerprint density at radius 2 is 1.74 bits per heavy atom. The molecular weight excluding hydrogens is 654 g/mol. The molecule has 2 aliphatic carbocycles. The van der Waals surface area contributed by atoms with Crippen molar-refractivity contribution in [2.75, 3.05) is 44.7 Å². The first kappa shape index (κ1) is 38.3. The monoisotopic (exact) mass is 701 g/mol. The topological polar surface area (TPSA) is 265 Å². The summed E-state index contributed by atoms with van der Waals surface area (Å²) < 4.78 is 11.5. The number of aromatic nitrogens is 4. The van der Waals surface area contributed by atoms with Gasteiger partial charge in [-0.2, -0.15) is 5.10 Å². The highest BCUT2D eigenvalue weighted by molar-refractivity contribution is 5.93. The highest BCUT2D eigenvalue weighted by Gasteiger charge is 2.60. The number of ether oxygens (including phenoxy) is 2. The number of methoxy groups -OCH3 is 1. The molecule has 1 aliphatic heterocycles. The summed E-state index contributed by atoms with van der Waals surface area (Å²) in [4.78, 5) is 45.2. The first-order chi connectivity index (χ1) is 23.7. The Hall–Kier alpha value is -4.46. The molecular formula is C32H47N9O9. The second-order valence-electron chi connectivity index (χ2n) is 12.7. The van der Waals surface area contributed by atoms with Crippen LogP contribution in [0.1, 0.15) is 57.1 Å². The van der Waals surface area contributed by atoms with Gasteiger partial charge in [-0.1, -0.05) is 6.92 Å². The van der Waals surface area contributed by atoms with E-state index in [1.165, 1.54) is 30.3 Å². The predicted octanol–water partition coefficient (Wildman–Crippen LogP) is 0.408. The van der Waals surface area contributed by atoms with Gasteiger partial charge in [-0.05, 0) is 68.7 Å². The number of nitrogens with two attached hydrogens (primary N) is 2. The number of aliphatic hydroxyl groups is 4. The summed E-state index contributed by atoms with van der Waals surface area (Å²) in [7, 11) is 4.72. The van der Waals surface area contributed by atoms with Crippen LogP contribution in [0.15, 0.2) is 30.5 Å². The number of carbonyl (C=O) groups excluding carboxylic acids is 3. The van der Waals surface area contributed by atoms with Crippen LogP contribution < -0.4 is 21.7 Å². The standard InChI is InChI=1S/C29H38N8O7.C2H6O.CH3NO/c1-16-14-28(16,26(30)39)37-25-21(24(34-37)17-9-11-44-12-10-17)6-8-23(33-25)32-22-7-4-19(15-31-22)36(29(41,42)43)27(40)35(2)18-3-5-20(38)13-18;1-3-2;2-1-3/h4,6-8,15-18,20,38,41-43H,3,5,9-14H2,1-2H3,(H2,30,39)(H,31,32,33);1-2H3;1H,(H2,2,3). The zero-order valence-electron chi connectivity index (χ0n) is 28.6. The van der Waals surface area contributed by atoms with Crippen molar-refractivity contribution in [2.45, 2.75) is 75.1 Å². The molecule has 18 heteroatoms. The van der Waals surface area contributed by atoms with Crippen molar-refractivity contribution in [3.05, 3.63) is 36.2 Å². The van der Waals surface area contributed by atoms with Crippen LogP contribution >= 0.6 is 0 Å². The number of anilines is 3. The molecule has 274 valence electrons. The highest BCUT2D eigenvalue weighted by atomic mass is 16.7. The van der Waals surface area contributed by atoms with E-state index in [-0.39, 0.29) is 30.0 Å². The van der Waals surface area contributed by atoms with Crippen molar-refractivity contribution in [2.24, 2.45) is 17.4 Å². The molecule has 4 unspecified atom stereocenters. The fraction of sp³-hybridized carbons (Fsp3) is 0.562. The second kappa shape index (κ2) is 16.0. The van der Waals surface area contributed by atoms with E-state index in [4.69, 9.17) is 25.3 Å². The van der Waals surface area contributed by atoms with Crippen LogP contribution in [0.5, 0.6) is 0 Å². The predicted molar refractivity (Wildman–Crippen MR) is 181 cm³/mol. The van der Waals surface area contributed by atoms with Gasteiger partial charge in [0.2, 0.25) is 12.3 Å². The van der Waals surface area contributed by atoms with E-state index in [1.54, 1.807) is 25.0 Å². The van der Waals surface area contributed by atoms with Crippen molar-refractivity contribution in [3.8, 4) is 0 Å². The van der Waals surface area contributed by atoms with E-state index in [0.717, 1.165) is 23.9 Å². The quantitative estimate of drug-likeness (QED) is 0.124. The third kappa shape index (κ3) is 8.11. The van der Waals surface area contributed by atoms with Crippen LogP contribution in [0.3, 0.4) is 0 Å². The molecule has 9 N–H and O–H groups in total. The lowest BCUT2D eigenvalue weighted by atomic mass is 9.95. The number of carbonyl (C=O) groups is 3. The Labute approximate surface area is 289 Å². The van der Waals surface area contributed by atoms with Crippen LogP contribution in [0, 0.1) is 5.92 Å². The maximum absolute atomic E-state index is 13.2. The molecule has 4 amide bonds. The fourth-order valence-corrected chi connectivity index (χ4v) is 6.53. The zero-order chi connectivity index (χ0) is 36.8. The number of amides is 4. The van der Waals surface area contributed by atoms with E-state index >= 15 is 0 Å². The minimum atomic E-state index is -3.50. The van der Waals surface area contributed by atoms with Crippen LogP contribution in [0.2, 0.25) is 0 Å². The number of fused-ring (bicyclic) bond motifs is 1. The third-order valence-electron chi connectivity index (χ3n) is 9.22. The average Bonchev–Trinajstić information content (AvgIpc) is 3.36. The van der Waals surface area contributed by atoms with Crippen molar-refractivity contribution >= 4 is 46.7 Å². The van der Waals surface area contributed by atoms with Crippen LogP contribution in [-0.2, 0) is 24.6 Å². The molecule has 3 fully saturated rings. The summed E-state index contributed by atoms with van der Waals surface area (Å²) in [5, 5.41) is 48.8. The number of pyridine rings is 2. The molecule has 0 aromatic carbocycles. The van der Waals surface area contributed by atoms with E-state index in [9.17, 15) is 30.0 Å². The number of primary amides is 2. The Kier molecular flexibility index (Phi) is 12.3. The summed E-state index contributed by atoms with van der Waals surface area (Å²) in [5.41, 5.74) is 10.4. The zero-order valence-corrected chi connectivity index (χ0v) is 28.6. The number of nitrogens with zero attached hydrogens (tertiary/aromatic N) is 6. The maximum Gasteiger partial charge on any atom is 0.377 e. The highest BCUT2D eigenvalue weighted by Crippen LogP contribution is 2.51. The van der Waals surface area contributed by atoms with E-state index in [2.05, 4.69) is 20.8 Å². The molecule has 1 saturated heterocycles. The van der Waals surface area contributed by atoms with Crippen molar-refractivity contribution < 1.29 is 44.3 Å². The van der Waals surface area contributed by atoms with Gasteiger partial charge in [0, 0.05) is 51.8 Å². The third-order valence-corrected chi connectivity index (χ3v) is 9.22. The van der Waals surface area contributed by atoms with Gasteiger partial charge in [-0.15, -0.1) is 0 Å². The summed E-state index contributed by atoms with van der Waals surface area (Å²) in [5.74, 6) is 0.463. The van der Waals surface area contributed by atoms with E-state index in [1.807, 2.05) is 13.0 Å². The first-order valence-electron chi connectivity index (χ1n) is 16.2. The number of aliphatic hydroxyl groups excluding tert-OH is 1. The van der Waals surface area contributed by atoms with E-state index in [0.29, 0.717) is 61.1 Å². The summed E-state index contributed by atoms with van der Waals surface area (Å²) in [6, 6.07) is 5.36. The summed E-state index contributed by atoms with van der Waals surface area (Å²) in [6.07, 6.45) is 1.02. The van der Waals surface area contributed by atoms with Gasteiger partial charge >= 0.3 is 12.1 Å². The minimum Gasteiger partial charge on any atom is -0.393 e. The van der Waals surface area contributed by atoms with Crippen molar-refractivity contribution in [1.29, 1.82) is 0 Å². The van der Waals surface area contributed by atoms with Crippen LogP contribution in [0.4, 0.5) is 22.1 Å². The van der Waals surface area contributed by atoms with Gasteiger partial charge in [-0.3, -0.25) is 9.59 Å². The Bertz CT molecular complexity index is 1630. The van der Waals surface area contributed by atoms with Gasteiger partial charge < -0.3 is 51.6 Å². The SMILES string of the molecule is CC1CC1(C(N)=O)n1nc(C2CCOCC2)c2ccc(Nc3ccc(N(C(=O)N(C)C4CCC(O)C4)C(O)(O)O)cn3)nc21.COC.NC=O. The molecule has 4 atom stereocenters. The molecule has 18 nitrogen and oxygen atoms in total. The first-order valence-corrected chi connectivity index (χ1v) is 16.2. The Morgan fingerprint density at radius 3 is 2.24 bits per heavy atom. The summed E-state index contributed by atoms with van der Waals surface area (Å²) >= 11 is 0. The molecule has 0 radical (unpaired) electrons. The second-order valence-corrected chi connectivity index (χ2v) is 12.7. The molecule has 0 bridgehead atoms. The molecule has 6 rings (SSSR count). The molecule has 50 heavy (non-hydrogen) atoms. The number of nitrogens with one attached hydrogen (secondary N) is 1. The molecule has 3 aromatic heterocycles. The number of urea groups is 1. The molecule has 3 aliphatic rings. The number of hydrogen-bond donors (Lipinski definition) is 7. The van der Waals surface area contributed by atoms with Crippen LogP contribution in [0.25, 0.3) is 11.0 Å². The van der Waals surface area contributed by atoms with Gasteiger partial charge in [0.05, 0.1) is 23.7 Å². The summed E-state index contributed by atoms with van der Waals surface area (Å²) in [6.45, 7) is 3.24. The Balaban J connectivity index is 0.000000875. The normalized spacial score (nSPS) is 23.2. The molecule has 0 spiro atoms. The molecule has 3 aromatic rings. The lowest BCUT2D eigenvalue weighted by Gasteiger charge is -2.35. The number of hydrogen-bond acceptors (Lipinski definition) is 13. The fourth-order valence-electron chi connectivity index (χ4n) is 6.53. The molecule has 2 saturated carbocycles. The van der Waals surface area contributed by atoms with Crippen molar-refractivity contribution in [3.63, 3.8) is 0 Å². The van der Waals surface area contributed by atoms with Crippen molar-refractivity contribution in [1.82, 2.24) is 24.6 Å². The maximum atomic E-state index is 13.2. The smallest absolute Gasteiger partial charge is 0.377 e. The average molecular weight is 702 g/mol. The minimum absolute atomic E-state index is 0.0124. The lowest BCUT2D eigenvalue weighted by Crippen LogP contribution is -2.57. The van der Waals surface area contributed by atoms with Crippen LogP contribution in [-0.4, -0.2) is 116 Å². The molecule has 4 heterocycles. The Morgan fingerprint density at radius 1 is 1.12 bits per heavy atom. The van der Waals surface area contributed by atoms with Gasteiger partial charge in [0.25, 0.3) is 0 Å². The van der Waals surface area contributed by atoms with Gasteiger partial charge in [0.1, 0.15) is 17.2 Å². The largest absolute Gasteiger partial charge is 0.393 e. The van der Waals surface area contributed by atoms with Gasteiger partial charge in [0.15, 0.2) is 5.65 Å². The number of rotatable bonds is 8. The van der Waals surface area contributed by atoms with Gasteiger partial charge in [-0.25, -0.2) is 24.3 Å².